The summed E-state index contributed by atoms with van der Waals surface area (Å²) < 4.78 is 4.71. The van der Waals surface area contributed by atoms with Gasteiger partial charge in [0.1, 0.15) is 17.0 Å². The number of nitrogens with one attached hydrogen (secondary N) is 1. The van der Waals surface area contributed by atoms with Crippen LogP contribution in [0.15, 0.2) is 29.7 Å². The SMILES string of the molecule is CCOC(=O)/C(C#N)=C(\N)NCc1ccc(Cl)nc1. The molecule has 0 bridgehead atoms. The van der Waals surface area contributed by atoms with E-state index in [0.717, 1.165) is 5.56 Å². The minimum atomic E-state index is -0.746. The summed E-state index contributed by atoms with van der Waals surface area (Å²) in [6.45, 7) is 2.15. The number of nitrogens with zero attached hydrogens (tertiary/aromatic N) is 2. The number of hydrogen-bond acceptors (Lipinski definition) is 6. The molecule has 3 N–H and O–H groups in total. The average Bonchev–Trinajstić information content (AvgIpc) is 2.39. The van der Waals surface area contributed by atoms with E-state index in [4.69, 9.17) is 27.3 Å². The molecule has 1 rings (SSSR count). The number of aromatic nitrogens is 1. The molecule has 0 spiro atoms. The van der Waals surface area contributed by atoms with Crippen LogP contribution in [0.1, 0.15) is 12.5 Å². The molecule has 7 heteroatoms. The predicted molar refractivity (Wildman–Crippen MR) is 69.5 cm³/mol. The number of hydrogen-bond donors (Lipinski definition) is 2. The van der Waals surface area contributed by atoms with E-state index >= 15 is 0 Å². The third-order valence-electron chi connectivity index (χ3n) is 2.13. The van der Waals surface area contributed by atoms with Crippen LogP contribution < -0.4 is 11.1 Å². The monoisotopic (exact) mass is 280 g/mol. The zero-order valence-corrected chi connectivity index (χ0v) is 11.1. The minimum Gasteiger partial charge on any atom is -0.462 e. The molecular formula is C12H13ClN4O2. The van der Waals surface area contributed by atoms with Crippen molar-refractivity contribution in [2.24, 2.45) is 5.73 Å². The molecule has 0 saturated heterocycles. The molecule has 0 aliphatic rings. The normalized spacial score (nSPS) is 11.2. The number of carbonyl (C=O) groups is 1. The Balaban J connectivity index is 2.71. The van der Waals surface area contributed by atoms with Gasteiger partial charge in [-0.05, 0) is 18.6 Å². The number of esters is 1. The van der Waals surface area contributed by atoms with E-state index in [1.165, 1.54) is 0 Å². The zero-order valence-electron chi connectivity index (χ0n) is 10.3. The summed E-state index contributed by atoms with van der Waals surface area (Å²) in [7, 11) is 0. The molecule has 1 heterocycles. The van der Waals surface area contributed by atoms with Gasteiger partial charge in [-0.3, -0.25) is 0 Å². The second-order valence-corrected chi connectivity index (χ2v) is 3.85. The van der Waals surface area contributed by atoms with Gasteiger partial charge in [0.2, 0.25) is 0 Å². The van der Waals surface area contributed by atoms with Crippen LogP contribution in [0, 0.1) is 11.3 Å². The Bertz CT molecular complexity index is 520. The fourth-order valence-electron chi connectivity index (χ4n) is 1.22. The first-order chi connectivity index (χ1) is 9.08. The summed E-state index contributed by atoms with van der Waals surface area (Å²) >= 11 is 5.65. The summed E-state index contributed by atoms with van der Waals surface area (Å²) in [6.07, 6.45) is 1.57. The molecule has 0 radical (unpaired) electrons. The van der Waals surface area contributed by atoms with Gasteiger partial charge in [0.15, 0.2) is 5.57 Å². The lowest BCUT2D eigenvalue weighted by Gasteiger charge is -2.08. The van der Waals surface area contributed by atoms with Gasteiger partial charge in [-0.2, -0.15) is 5.26 Å². The third kappa shape index (κ3) is 4.48. The highest BCUT2D eigenvalue weighted by atomic mass is 35.5. The fraction of sp³-hybridized carbons (Fsp3) is 0.250. The van der Waals surface area contributed by atoms with Crippen LogP contribution in [-0.2, 0) is 16.1 Å². The van der Waals surface area contributed by atoms with Crippen molar-refractivity contribution in [2.45, 2.75) is 13.5 Å². The number of carbonyl (C=O) groups excluding carboxylic acids is 1. The minimum absolute atomic E-state index is 0.0316. The van der Waals surface area contributed by atoms with Crippen molar-refractivity contribution in [3.63, 3.8) is 0 Å². The van der Waals surface area contributed by atoms with Crippen molar-refractivity contribution < 1.29 is 9.53 Å². The molecule has 1 aromatic rings. The number of pyridine rings is 1. The number of nitrogens with two attached hydrogens (primary N) is 1. The Hall–Kier alpha value is -2.26. The topological polar surface area (TPSA) is 101 Å². The molecule has 0 atom stereocenters. The lowest BCUT2D eigenvalue weighted by Crippen LogP contribution is -2.25. The van der Waals surface area contributed by atoms with E-state index in [0.29, 0.717) is 11.7 Å². The van der Waals surface area contributed by atoms with Crippen LogP contribution >= 0.6 is 11.6 Å². The van der Waals surface area contributed by atoms with Crippen molar-refractivity contribution in [1.82, 2.24) is 10.3 Å². The van der Waals surface area contributed by atoms with E-state index in [9.17, 15) is 4.79 Å². The van der Waals surface area contributed by atoms with Gasteiger partial charge in [-0.25, -0.2) is 9.78 Å². The molecule has 0 amide bonds. The van der Waals surface area contributed by atoms with Crippen LogP contribution in [0.3, 0.4) is 0 Å². The van der Waals surface area contributed by atoms with E-state index < -0.39 is 5.97 Å². The maximum Gasteiger partial charge on any atom is 0.352 e. The van der Waals surface area contributed by atoms with Crippen LogP contribution in [-0.4, -0.2) is 17.6 Å². The van der Waals surface area contributed by atoms with Gasteiger partial charge >= 0.3 is 5.97 Å². The predicted octanol–water partition coefficient (Wildman–Crippen LogP) is 1.08. The average molecular weight is 281 g/mol. The Kier molecular flexibility index (Phi) is 5.64. The van der Waals surface area contributed by atoms with Crippen molar-refractivity contribution in [2.75, 3.05) is 6.61 Å². The largest absolute Gasteiger partial charge is 0.462 e. The molecule has 0 saturated carbocycles. The first-order valence-corrected chi connectivity index (χ1v) is 5.87. The maximum atomic E-state index is 11.4. The number of nitriles is 1. The molecule has 0 fully saturated rings. The van der Waals surface area contributed by atoms with Gasteiger partial charge in [0.05, 0.1) is 6.61 Å². The first kappa shape index (κ1) is 14.8. The van der Waals surface area contributed by atoms with Crippen molar-refractivity contribution in [3.8, 4) is 6.07 Å². The van der Waals surface area contributed by atoms with Gasteiger partial charge in [0.25, 0.3) is 0 Å². The smallest absolute Gasteiger partial charge is 0.352 e. The van der Waals surface area contributed by atoms with Crippen LogP contribution in [0.5, 0.6) is 0 Å². The maximum absolute atomic E-state index is 11.4. The summed E-state index contributed by atoms with van der Waals surface area (Å²) in [5, 5.41) is 12.0. The second-order valence-electron chi connectivity index (χ2n) is 3.46. The summed E-state index contributed by atoms with van der Waals surface area (Å²) in [5.74, 6) is -0.778. The highest BCUT2D eigenvalue weighted by molar-refractivity contribution is 6.29. The summed E-state index contributed by atoms with van der Waals surface area (Å²) in [6, 6.07) is 5.10. The Morgan fingerprint density at radius 1 is 1.63 bits per heavy atom. The van der Waals surface area contributed by atoms with E-state index in [1.807, 2.05) is 0 Å². The van der Waals surface area contributed by atoms with Crippen molar-refractivity contribution >= 4 is 17.6 Å². The highest BCUT2D eigenvalue weighted by Gasteiger charge is 2.14. The van der Waals surface area contributed by atoms with Crippen molar-refractivity contribution in [1.29, 1.82) is 5.26 Å². The molecule has 6 nitrogen and oxygen atoms in total. The van der Waals surface area contributed by atoms with Gasteiger partial charge in [-0.15, -0.1) is 0 Å². The van der Waals surface area contributed by atoms with Gasteiger partial charge in [-0.1, -0.05) is 17.7 Å². The lowest BCUT2D eigenvalue weighted by atomic mass is 10.2. The van der Waals surface area contributed by atoms with Crippen molar-refractivity contribution in [3.05, 3.63) is 40.4 Å². The molecule has 0 unspecified atom stereocenters. The number of ether oxygens (including phenoxy) is 1. The molecular weight excluding hydrogens is 268 g/mol. The summed E-state index contributed by atoms with van der Waals surface area (Å²) in [4.78, 5) is 15.3. The molecule has 1 aromatic heterocycles. The third-order valence-corrected chi connectivity index (χ3v) is 2.36. The fourth-order valence-corrected chi connectivity index (χ4v) is 1.33. The Morgan fingerprint density at radius 2 is 2.37 bits per heavy atom. The Morgan fingerprint density at radius 3 is 2.89 bits per heavy atom. The highest BCUT2D eigenvalue weighted by Crippen LogP contribution is 2.06. The standard InChI is InChI=1S/C12H13ClN4O2/c1-2-19-12(18)9(5-14)11(15)17-7-8-3-4-10(13)16-6-8/h3-4,6,17H,2,7,15H2,1H3/b11-9+. The Labute approximate surface area is 115 Å². The van der Waals surface area contributed by atoms with E-state index in [2.05, 4.69) is 10.3 Å². The molecule has 19 heavy (non-hydrogen) atoms. The van der Waals surface area contributed by atoms with Crippen LogP contribution in [0.25, 0.3) is 0 Å². The van der Waals surface area contributed by atoms with Crippen LogP contribution in [0.2, 0.25) is 5.15 Å². The molecule has 0 aliphatic carbocycles. The molecule has 0 aromatic carbocycles. The van der Waals surface area contributed by atoms with Gasteiger partial charge < -0.3 is 15.8 Å². The number of halogens is 1. The molecule has 100 valence electrons. The zero-order chi connectivity index (χ0) is 14.3. The van der Waals surface area contributed by atoms with Gasteiger partial charge in [0, 0.05) is 12.7 Å². The lowest BCUT2D eigenvalue weighted by molar-refractivity contribution is -0.138. The van der Waals surface area contributed by atoms with Crippen LogP contribution in [0.4, 0.5) is 0 Å². The second kappa shape index (κ2) is 7.24. The van der Waals surface area contributed by atoms with E-state index in [-0.39, 0.29) is 18.0 Å². The number of rotatable bonds is 5. The summed E-state index contributed by atoms with van der Waals surface area (Å²) in [5.41, 5.74) is 6.20. The first-order valence-electron chi connectivity index (χ1n) is 5.49. The molecule has 0 aliphatic heterocycles. The van der Waals surface area contributed by atoms with E-state index in [1.54, 1.807) is 31.3 Å². The quantitative estimate of drug-likeness (QED) is 0.362.